The Morgan fingerprint density at radius 2 is 1.83 bits per heavy atom. The molecule has 0 saturated heterocycles. The average Bonchev–Trinajstić information content (AvgIpc) is 3.28. The number of anilines is 2. The van der Waals surface area contributed by atoms with Gasteiger partial charge >= 0.3 is 0 Å². The van der Waals surface area contributed by atoms with Gasteiger partial charge in [-0.05, 0) is 56.0 Å². The van der Waals surface area contributed by atoms with Crippen LogP contribution >= 0.6 is 11.3 Å². The highest BCUT2D eigenvalue weighted by atomic mass is 32.1. The summed E-state index contributed by atoms with van der Waals surface area (Å²) >= 11 is 1.50. The van der Waals surface area contributed by atoms with Crippen LogP contribution in [-0.2, 0) is 12.8 Å². The minimum absolute atomic E-state index is 0.205. The maximum atomic E-state index is 13.1. The van der Waals surface area contributed by atoms with Gasteiger partial charge in [0, 0.05) is 22.2 Å². The summed E-state index contributed by atoms with van der Waals surface area (Å²) in [7, 11) is 1.59. The number of rotatable bonds is 5. The number of hydrogen-bond donors (Lipinski definition) is 2. The molecule has 1 heterocycles. The number of nitrogens with one attached hydrogen (secondary N) is 2. The highest BCUT2D eigenvalue weighted by molar-refractivity contribution is 7.17. The van der Waals surface area contributed by atoms with Crippen LogP contribution in [0.4, 0.5) is 10.7 Å². The van der Waals surface area contributed by atoms with Crippen molar-refractivity contribution in [2.45, 2.75) is 26.2 Å². The van der Waals surface area contributed by atoms with Crippen molar-refractivity contribution in [3.8, 4) is 5.75 Å². The molecule has 0 radical (unpaired) electrons. The van der Waals surface area contributed by atoms with E-state index in [1.165, 1.54) is 16.2 Å². The number of carbonyl (C=O) groups excluding carboxylic acids is 2. The number of hydrogen-bond acceptors (Lipinski definition) is 4. The monoisotopic (exact) mass is 406 g/mol. The quantitative estimate of drug-likeness (QED) is 0.622. The lowest BCUT2D eigenvalue weighted by Crippen LogP contribution is -2.18. The summed E-state index contributed by atoms with van der Waals surface area (Å²) in [6.07, 6.45) is 2.83. The van der Waals surface area contributed by atoms with Crippen LogP contribution in [0.15, 0.2) is 48.5 Å². The van der Waals surface area contributed by atoms with Crippen LogP contribution in [0, 0.1) is 6.92 Å². The molecule has 0 spiro atoms. The van der Waals surface area contributed by atoms with Gasteiger partial charge in [0.15, 0.2) is 0 Å². The normalized spacial score (nSPS) is 12.3. The largest absolute Gasteiger partial charge is 0.497 e. The lowest BCUT2D eigenvalue weighted by Gasteiger charge is -2.10. The van der Waals surface area contributed by atoms with Crippen LogP contribution < -0.4 is 15.4 Å². The van der Waals surface area contributed by atoms with Gasteiger partial charge < -0.3 is 15.4 Å². The zero-order chi connectivity index (χ0) is 20.4. The van der Waals surface area contributed by atoms with Crippen molar-refractivity contribution in [3.63, 3.8) is 0 Å². The molecule has 6 heteroatoms. The zero-order valence-corrected chi connectivity index (χ0v) is 17.2. The molecule has 2 N–H and O–H groups in total. The number of ether oxygens (including phenoxy) is 1. The molecule has 2 aromatic carbocycles. The minimum atomic E-state index is -0.211. The second-order valence-electron chi connectivity index (χ2n) is 7.07. The summed E-state index contributed by atoms with van der Waals surface area (Å²) in [4.78, 5) is 27.1. The number of amides is 2. The van der Waals surface area contributed by atoms with E-state index in [-0.39, 0.29) is 11.8 Å². The standard InChI is InChI=1S/C23H22N2O3S/c1-14-6-3-7-15(12-14)21(26)25-23-20(18-10-5-11-19(18)29-23)22(27)24-16-8-4-9-17(13-16)28-2/h3-4,6-9,12-13H,5,10-11H2,1-2H3,(H,24,27)(H,25,26). The molecule has 4 rings (SSSR count). The summed E-state index contributed by atoms with van der Waals surface area (Å²) in [5, 5.41) is 6.53. The molecule has 2 amide bonds. The number of thiophene rings is 1. The Labute approximate surface area is 173 Å². The number of carbonyl (C=O) groups is 2. The lowest BCUT2D eigenvalue weighted by atomic mass is 10.1. The molecule has 3 aromatic rings. The first-order chi connectivity index (χ1) is 14.0. The van der Waals surface area contributed by atoms with E-state index in [0.29, 0.717) is 27.6 Å². The van der Waals surface area contributed by atoms with Crippen molar-refractivity contribution in [1.82, 2.24) is 0 Å². The summed E-state index contributed by atoms with van der Waals surface area (Å²) < 4.78 is 5.23. The molecule has 29 heavy (non-hydrogen) atoms. The summed E-state index contributed by atoms with van der Waals surface area (Å²) in [6.45, 7) is 1.95. The fourth-order valence-corrected chi connectivity index (χ4v) is 4.87. The summed E-state index contributed by atoms with van der Waals surface area (Å²) in [5.41, 5.74) is 3.88. The van der Waals surface area contributed by atoms with Gasteiger partial charge in [-0.1, -0.05) is 23.8 Å². The number of benzene rings is 2. The van der Waals surface area contributed by atoms with Crippen molar-refractivity contribution >= 4 is 33.8 Å². The predicted octanol–water partition coefficient (Wildman–Crippen LogP) is 5.06. The number of fused-ring (bicyclic) bond motifs is 1. The summed E-state index contributed by atoms with van der Waals surface area (Å²) in [6, 6.07) is 14.7. The van der Waals surface area contributed by atoms with E-state index in [4.69, 9.17) is 4.74 Å². The van der Waals surface area contributed by atoms with Crippen molar-refractivity contribution in [2.75, 3.05) is 17.7 Å². The van der Waals surface area contributed by atoms with Crippen LogP contribution in [-0.4, -0.2) is 18.9 Å². The van der Waals surface area contributed by atoms with Crippen molar-refractivity contribution < 1.29 is 14.3 Å². The second-order valence-corrected chi connectivity index (χ2v) is 8.18. The topological polar surface area (TPSA) is 67.4 Å². The molecular formula is C23H22N2O3S. The Balaban J connectivity index is 1.62. The van der Waals surface area contributed by atoms with Gasteiger partial charge in [0.1, 0.15) is 10.8 Å². The van der Waals surface area contributed by atoms with E-state index < -0.39 is 0 Å². The van der Waals surface area contributed by atoms with E-state index in [1.807, 2.05) is 43.3 Å². The molecule has 5 nitrogen and oxygen atoms in total. The first-order valence-electron chi connectivity index (χ1n) is 9.53. The number of aryl methyl sites for hydroxylation is 2. The van der Waals surface area contributed by atoms with Gasteiger partial charge in [-0.2, -0.15) is 0 Å². The summed E-state index contributed by atoms with van der Waals surface area (Å²) in [5.74, 6) is 0.257. The molecule has 0 unspecified atom stereocenters. The van der Waals surface area contributed by atoms with Crippen LogP contribution in [0.5, 0.6) is 5.75 Å². The average molecular weight is 407 g/mol. The van der Waals surface area contributed by atoms with E-state index in [1.54, 1.807) is 19.2 Å². The fourth-order valence-electron chi connectivity index (χ4n) is 3.59. The highest BCUT2D eigenvalue weighted by Gasteiger charge is 2.27. The Kier molecular flexibility index (Phi) is 5.36. The molecule has 0 bridgehead atoms. The molecule has 0 saturated carbocycles. The second kappa shape index (κ2) is 8.09. The predicted molar refractivity (Wildman–Crippen MR) is 116 cm³/mol. The third kappa shape index (κ3) is 4.03. The van der Waals surface area contributed by atoms with E-state index in [2.05, 4.69) is 10.6 Å². The van der Waals surface area contributed by atoms with Gasteiger partial charge in [0.25, 0.3) is 11.8 Å². The van der Waals surface area contributed by atoms with Gasteiger partial charge in [-0.3, -0.25) is 9.59 Å². The van der Waals surface area contributed by atoms with Crippen LogP contribution in [0.25, 0.3) is 0 Å². The minimum Gasteiger partial charge on any atom is -0.497 e. The van der Waals surface area contributed by atoms with Gasteiger partial charge in [0.2, 0.25) is 0 Å². The third-order valence-electron chi connectivity index (χ3n) is 4.98. The Bertz CT molecular complexity index is 1090. The Morgan fingerprint density at radius 1 is 1.00 bits per heavy atom. The molecule has 0 atom stereocenters. The van der Waals surface area contributed by atoms with Gasteiger partial charge in [0.05, 0.1) is 12.7 Å². The van der Waals surface area contributed by atoms with Crippen LogP contribution in [0.2, 0.25) is 0 Å². The third-order valence-corrected chi connectivity index (χ3v) is 6.19. The van der Waals surface area contributed by atoms with Crippen LogP contribution in [0.1, 0.15) is 43.1 Å². The first-order valence-corrected chi connectivity index (χ1v) is 10.3. The fraction of sp³-hybridized carbons (Fsp3) is 0.217. The van der Waals surface area contributed by atoms with Crippen molar-refractivity contribution in [2.24, 2.45) is 0 Å². The smallest absolute Gasteiger partial charge is 0.258 e. The van der Waals surface area contributed by atoms with Crippen molar-refractivity contribution in [3.05, 3.63) is 75.7 Å². The number of methoxy groups -OCH3 is 1. The zero-order valence-electron chi connectivity index (χ0n) is 16.4. The highest BCUT2D eigenvalue weighted by Crippen LogP contribution is 2.39. The molecule has 0 fully saturated rings. The Hall–Kier alpha value is -3.12. The molecule has 0 aliphatic heterocycles. The molecule has 1 aliphatic carbocycles. The van der Waals surface area contributed by atoms with Crippen molar-refractivity contribution in [1.29, 1.82) is 0 Å². The van der Waals surface area contributed by atoms with E-state index in [9.17, 15) is 9.59 Å². The van der Waals surface area contributed by atoms with E-state index >= 15 is 0 Å². The molecule has 1 aromatic heterocycles. The van der Waals surface area contributed by atoms with Gasteiger partial charge in [-0.25, -0.2) is 0 Å². The lowest BCUT2D eigenvalue weighted by molar-refractivity contribution is 0.102. The van der Waals surface area contributed by atoms with E-state index in [0.717, 1.165) is 30.4 Å². The SMILES string of the molecule is COc1cccc(NC(=O)c2c(NC(=O)c3cccc(C)c3)sc3c2CCC3)c1. The molecular weight excluding hydrogens is 384 g/mol. The molecule has 148 valence electrons. The Morgan fingerprint density at radius 3 is 2.62 bits per heavy atom. The first kappa shape index (κ1) is 19.2. The van der Waals surface area contributed by atoms with Gasteiger partial charge in [-0.15, -0.1) is 11.3 Å². The van der Waals surface area contributed by atoms with Crippen LogP contribution in [0.3, 0.4) is 0 Å². The maximum absolute atomic E-state index is 13.1. The maximum Gasteiger partial charge on any atom is 0.258 e. The molecule has 1 aliphatic rings.